The lowest BCUT2D eigenvalue weighted by atomic mass is 10.1. The number of H-pyrrole nitrogens is 1. The van der Waals surface area contributed by atoms with Crippen molar-refractivity contribution in [2.75, 3.05) is 0 Å². The molecule has 0 unspecified atom stereocenters. The molecule has 3 nitrogen and oxygen atoms in total. The summed E-state index contributed by atoms with van der Waals surface area (Å²) in [5.41, 5.74) is 4.96. The highest BCUT2D eigenvalue weighted by atomic mass is 16.1. The van der Waals surface area contributed by atoms with Gasteiger partial charge in [-0.15, -0.1) is 0 Å². The van der Waals surface area contributed by atoms with Crippen LogP contribution in [0.2, 0.25) is 0 Å². The molecular weight excluding hydrogens is 260 g/mol. The number of para-hydroxylation sites is 1. The predicted molar refractivity (Wildman–Crippen MR) is 88.0 cm³/mol. The maximum absolute atomic E-state index is 12.0. The smallest absolute Gasteiger partial charge is 0.250 e. The summed E-state index contributed by atoms with van der Waals surface area (Å²) in [6, 6.07) is 8.19. The molecule has 0 spiro atoms. The summed E-state index contributed by atoms with van der Waals surface area (Å²) in [4.78, 5) is 15.3. The van der Waals surface area contributed by atoms with Crippen molar-refractivity contribution in [3.63, 3.8) is 0 Å². The average molecular weight is 282 g/mol. The summed E-state index contributed by atoms with van der Waals surface area (Å²) in [5, 5.41) is 4.19. The second-order valence-electron chi connectivity index (χ2n) is 5.43. The molecular formula is C18H22N2O. The molecule has 0 fully saturated rings. The van der Waals surface area contributed by atoms with Gasteiger partial charge in [0.2, 0.25) is 0 Å². The van der Waals surface area contributed by atoms with E-state index in [2.05, 4.69) is 29.0 Å². The van der Waals surface area contributed by atoms with Crippen LogP contribution in [0.5, 0.6) is 0 Å². The van der Waals surface area contributed by atoms with Crippen LogP contribution >= 0.6 is 0 Å². The zero-order valence-electron chi connectivity index (χ0n) is 12.9. The maximum atomic E-state index is 12.0. The number of rotatable bonds is 5. The van der Waals surface area contributed by atoms with Crippen LogP contribution in [0.15, 0.2) is 53.9 Å². The Morgan fingerprint density at radius 2 is 2.00 bits per heavy atom. The molecule has 21 heavy (non-hydrogen) atoms. The standard InChI is InChI=1S/C18H22N2O/c1-5-13(4)18(21)20-17(12(2)3)10-14-11-19-16-9-7-6-8-15(14)16/h6-9,11,19H,4-5,10H2,1-3H3,(H,20,21). The first-order valence-corrected chi connectivity index (χ1v) is 7.23. The fraction of sp³-hybridized carbons (Fsp3) is 0.278. The van der Waals surface area contributed by atoms with Crippen LogP contribution in [-0.4, -0.2) is 10.9 Å². The van der Waals surface area contributed by atoms with E-state index in [-0.39, 0.29) is 5.91 Å². The Morgan fingerprint density at radius 1 is 1.29 bits per heavy atom. The molecule has 2 rings (SSSR count). The fourth-order valence-corrected chi connectivity index (χ4v) is 2.20. The third kappa shape index (κ3) is 3.43. The number of aromatic nitrogens is 1. The van der Waals surface area contributed by atoms with Crippen molar-refractivity contribution in [2.24, 2.45) is 0 Å². The Labute approximate surface area is 125 Å². The number of nitrogens with one attached hydrogen (secondary N) is 2. The molecule has 0 aliphatic heterocycles. The molecule has 2 aromatic rings. The molecule has 3 heteroatoms. The molecule has 0 saturated heterocycles. The number of carbonyl (C=O) groups excluding carboxylic acids is 1. The second kappa shape index (κ2) is 6.44. The molecule has 110 valence electrons. The topological polar surface area (TPSA) is 44.9 Å². The zero-order chi connectivity index (χ0) is 15.4. The lowest BCUT2D eigenvalue weighted by Gasteiger charge is -2.12. The van der Waals surface area contributed by atoms with E-state index in [1.54, 1.807) is 0 Å². The molecule has 0 bridgehead atoms. The first-order chi connectivity index (χ1) is 10.0. The van der Waals surface area contributed by atoms with Gasteiger partial charge in [0, 0.05) is 34.8 Å². The summed E-state index contributed by atoms with van der Waals surface area (Å²) in [6.07, 6.45) is 3.37. The van der Waals surface area contributed by atoms with E-state index >= 15 is 0 Å². The highest BCUT2D eigenvalue weighted by molar-refractivity contribution is 5.94. The summed E-state index contributed by atoms with van der Waals surface area (Å²) in [6.45, 7) is 9.75. The summed E-state index contributed by atoms with van der Waals surface area (Å²) >= 11 is 0. The number of allylic oxidation sites excluding steroid dienone is 2. The van der Waals surface area contributed by atoms with Crippen molar-refractivity contribution < 1.29 is 4.79 Å². The predicted octanol–water partition coefficient (Wildman–Crippen LogP) is 4.09. The van der Waals surface area contributed by atoms with Crippen molar-refractivity contribution in [2.45, 2.75) is 33.6 Å². The van der Waals surface area contributed by atoms with Gasteiger partial charge in [-0.3, -0.25) is 4.79 Å². The Hall–Kier alpha value is -2.29. The normalized spacial score (nSPS) is 10.4. The molecule has 1 heterocycles. The van der Waals surface area contributed by atoms with Gasteiger partial charge in [0.05, 0.1) is 0 Å². The first kappa shape index (κ1) is 15.1. The van der Waals surface area contributed by atoms with Gasteiger partial charge in [0.1, 0.15) is 0 Å². The minimum absolute atomic E-state index is 0.0893. The van der Waals surface area contributed by atoms with E-state index in [1.165, 1.54) is 10.9 Å². The van der Waals surface area contributed by atoms with E-state index < -0.39 is 0 Å². The Bertz CT molecular complexity index is 703. The van der Waals surface area contributed by atoms with Crippen LogP contribution < -0.4 is 5.32 Å². The summed E-state index contributed by atoms with van der Waals surface area (Å²) in [5.74, 6) is -0.0893. The number of fused-ring (bicyclic) bond motifs is 1. The largest absolute Gasteiger partial charge is 0.361 e. The third-order valence-corrected chi connectivity index (χ3v) is 3.66. The third-order valence-electron chi connectivity index (χ3n) is 3.66. The van der Waals surface area contributed by atoms with Crippen LogP contribution in [0.25, 0.3) is 10.9 Å². The maximum Gasteiger partial charge on any atom is 0.250 e. The van der Waals surface area contributed by atoms with Gasteiger partial charge >= 0.3 is 0 Å². The molecule has 1 amide bonds. The zero-order valence-corrected chi connectivity index (χ0v) is 12.9. The Kier molecular flexibility index (Phi) is 4.63. The van der Waals surface area contributed by atoms with Gasteiger partial charge in [-0.1, -0.05) is 37.3 Å². The van der Waals surface area contributed by atoms with Gasteiger partial charge in [0.15, 0.2) is 0 Å². The molecule has 0 aliphatic carbocycles. The van der Waals surface area contributed by atoms with Crippen molar-refractivity contribution in [3.05, 3.63) is 59.4 Å². The quantitative estimate of drug-likeness (QED) is 0.797. The van der Waals surface area contributed by atoms with E-state index in [0.29, 0.717) is 18.4 Å². The number of aromatic amines is 1. The van der Waals surface area contributed by atoms with Crippen LogP contribution in [0.1, 0.15) is 32.8 Å². The number of hydrogen-bond acceptors (Lipinski definition) is 1. The van der Waals surface area contributed by atoms with Crippen LogP contribution in [0.4, 0.5) is 0 Å². The van der Waals surface area contributed by atoms with Crippen LogP contribution in [0.3, 0.4) is 0 Å². The van der Waals surface area contributed by atoms with Crippen LogP contribution in [-0.2, 0) is 11.2 Å². The Balaban J connectivity index is 2.24. The molecule has 0 atom stereocenters. The summed E-state index contributed by atoms with van der Waals surface area (Å²) in [7, 11) is 0. The molecule has 0 saturated carbocycles. The number of carbonyl (C=O) groups is 1. The van der Waals surface area contributed by atoms with E-state index in [0.717, 1.165) is 16.8 Å². The van der Waals surface area contributed by atoms with E-state index in [4.69, 9.17) is 0 Å². The molecule has 1 aromatic heterocycles. The molecule has 0 aliphatic rings. The van der Waals surface area contributed by atoms with E-state index in [1.807, 2.05) is 39.1 Å². The lowest BCUT2D eigenvalue weighted by Crippen LogP contribution is -2.25. The number of benzene rings is 1. The highest BCUT2D eigenvalue weighted by Crippen LogP contribution is 2.21. The van der Waals surface area contributed by atoms with E-state index in [9.17, 15) is 4.79 Å². The van der Waals surface area contributed by atoms with Gasteiger partial charge in [-0.25, -0.2) is 0 Å². The molecule has 2 N–H and O–H groups in total. The number of hydrogen-bond donors (Lipinski definition) is 2. The first-order valence-electron chi connectivity index (χ1n) is 7.23. The van der Waals surface area contributed by atoms with Crippen molar-refractivity contribution in [3.8, 4) is 0 Å². The van der Waals surface area contributed by atoms with Crippen LogP contribution in [0, 0.1) is 0 Å². The van der Waals surface area contributed by atoms with Gasteiger partial charge in [-0.2, -0.15) is 0 Å². The minimum atomic E-state index is -0.0893. The SMILES string of the molecule is C=C(CC)C(=O)NC(Cc1c[nH]c2ccccc12)=C(C)C. The minimum Gasteiger partial charge on any atom is -0.361 e. The van der Waals surface area contributed by atoms with Gasteiger partial charge < -0.3 is 10.3 Å². The van der Waals surface area contributed by atoms with Gasteiger partial charge in [-0.05, 0) is 31.9 Å². The lowest BCUT2D eigenvalue weighted by molar-refractivity contribution is -0.116. The van der Waals surface area contributed by atoms with Crippen molar-refractivity contribution in [1.82, 2.24) is 10.3 Å². The molecule has 1 aromatic carbocycles. The fourth-order valence-electron chi connectivity index (χ4n) is 2.20. The Morgan fingerprint density at radius 3 is 2.67 bits per heavy atom. The number of amides is 1. The monoisotopic (exact) mass is 282 g/mol. The second-order valence-corrected chi connectivity index (χ2v) is 5.43. The average Bonchev–Trinajstić information content (AvgIpc) is 2.88. The van der Waals surface area contributed by atoms with Crippen molar-refractivity contribution >= 4 is 16.8 Å². The molecule has 0 radical (unpaired) electrons. The van der Waals surface area contributed by atoms with Gasteiger partial charge in [0.25, 0.3) is 5.91 Å². The van der Waals surface area contributed by atoms with Crippen molar-refractivity contribution in [1.29, 1.82) is 0 Å². The summed E-state index contributed by atoms with van der Waals surface area (Å²) < 4.78 is 0. The highest BCUT2D eigenvalue weighted by Gasteiger charge is 2.11.